The van der Waals surface area contributed by atoms with E-state index in [2.05, 4.69) is 46.2 Å². The lowest BCUT2D eigenvalue weighted by molar-refractivity contribution is 0.178. The number of ether oxygens (including phenoxy) is 2. The van der Waals surface area contributed by atoms with Gasteiger partial charge in [0.2, 0.25) is 0 Å². The number of rotatable bonds is 7. The van der Waals surface area contributed by atoms with Crippen molar-refractivity contribution in [3.8, 4) is 5.75 Å². The maximum atomic E-state index is 15.9. The molecule has 0 saturated carbocycles. The Balaban J connectivity index is 1.56. The molecule has 3 unspecified atom stereocenters. The van der Waals surface area contributed by atoms with E-state index in [-0.39, 0.29) is 18.3 Å². The van der Waals surface area contributed by atoms with E-state index in [4.69, 9.17) is 9.47 Å². The number of allylic oxidation sites excluding steroid dienone is 1. The van der Waals surface area contributed by atoms with Gasteiger partial charge in [-0.15, -0.1) is 0 Å². The molecule has 0 bridgehead atoms. The van der Waals surface area contributed by atoms with Gasteiger partial charge in [-0.05, 0) is 51.4 Å². The van der Waals surface area contributed by atoms with Crippen LogP contribution in [0.2, 0.25) is 0 Å². The third kappa shape index (κ3) is 5.38. The highest BCUT2D eigenvalue weighted by Gasteiger charge is 2.29. The Morgan fingerprint density at radius 2 is 2.19 bits per heavy atom. The molecule has 1 aromatic carbocycles. The first kappa shape index (κ1) is 22.5. The molecule has 31 heavy (non-hydrogen) atoms. The maximum absolute atomic E-state index is 15.9. The first-order valence-corrected chi connectivity index (χ1v) is 11.4. The molecule has 0 aromatic heterocycles. The Bertz CT molecular complexity index is 803. The third-order valence-electron chi connectivity index (χ3n) is 6.27. The maximum Gasteiger partial charge on any atom is 0.157 e. The van der Waals surface area contributed by atoms with Crippen molar-refractivity contribution in [2.45, 2.75) is 51.1 Å². The lowest BCUT2D eigenvalue weighted by Gasteiger charge is -2.37. The van der Waals surface area contributed by atoms with Gasteiger partial charge in [-0.25, -0.2) is 4.39 Å². The topological polar surface area (TPSA) is 69.8 Å². The van der Waals surface area contributed by atoms with E-state index in [1.807, 2.05) is 6.07 Å². The molecule has 0 radical (unpaired) electrons. The fourth-order valence-corrected chi connectivity index (χ4v) is 4.67. The van der Waals surface area contributed by atoms with E-state index < -0.39 is 0 Å². The summed E-state index contributed by atoms with van der Waals surface area (Å²) in [6.07, 6.45) is 5.69. The lowest BCUT2D eigenvalue weighted by atomic mass is 9.96. The summed E-state index contributed by atoms with van der Waals surface area (Å²) in [7, 11) is 3.80. The Morgan fingerprint density at radius 1 is 1.32 bits per heavy atom. The second kappa shape index (κ2) is 10.3. The summed E-state index contributed by atoms with van der Waals surface area (Å²) in [5, 5.41) is 13.8. The van der Waals surface area contributed by atoms with Crippen LogP contribution in [0.1, 0.15) is 37.3 Å². The molecule has 4 rings (SSSR count). The lowest BCUT2D eigenvalue weighted by Crippen LogP contribution is -2.64. The van der Waals surface area contributed by atoms with Gasteiger partial charge in [-0.1, -0.05) is 6.08 Å². The molecule has 7 nitrogen and oxygen atoms in total. The van der Waals surface area contributed by atoms with Gasteiger partial charge in [0.25, 0.3) is 0 Å². The van der Waals surface area contributed by atoms with Gasteiger partial charge in [0.15, 0.2) is 5.82 Å². The number of fused-ring (bicyclic) bond motifs is 1. The van der Waals surface area contributed by atoms with Crippen molar-refractivity contribution in [1.29, 1.82) is 0 Å². The SMILES string of the molecule is COCCNC1CC(C)NC(Nc2cc3c(c(C4=CCN(C)CCC4)c2F)OCC3)N1. The summed E-state index contributed by atoms with van der Waals surface area (Å²) in [6, 6.07) is 2.21. The van der Waals surface area contributed by atoms with Gasteiger partial charge in [0, 0.05) is 38.2 Å². The van der Waals surface area contributed by atoms with Crippen LogP contribution in [0.5, 0.6) is 5.75 Å². The Morgan fingerprint density at radius 3 is 3.03 bits per heavy atom. The summed E-state index contributed by atoms with van der Waals surface area (Å²) in [6.45, 7) is 6.04. The Labute approximate surface area is 184 Å². The molecule has 172 valence electrons. The van der Waals surface area contributed by atoms with Gasteiger partial charge in [-0.2, -0.15) is 0 Å². The molecule has 3 heterocycles. The quantitative estimate of drug-likeness (QED) is 0.491. The van der Waals surface area contributed by atoms with Crippen LogP contribution < -0.4 is 26.0 Å². The van der Waals surface area contributed by atoms with Gasteiger partial charge >= 0.3 is 0 Å². The second-order valence-electron chi connectivity index (χ2n) is 8.84. The van der Waals surface area contributed by atoms with Crippen LogP contribution in [-0.4, -0.2) is 70.4 Å². The minimum absolute atomic E-state index is 0.129. The average molecular weight is 434 g/mol. The highest BCUT2D eigenvalue weighted by atomic mass is 19.1. The van der Waals surface area contributed by atoms with Crippen molar-refractivity contribution in [2.75, 3.05) is 52.3 Å². The number of anilines is 1. The minimum atomic E-state index is -0.235. The zero-order valence-electron chi connectivity index (χ0n) is 18.9. The molecule has 0 spiro atoms. The Hall–Kier alpha value is -1.71. The molecule has 1 saturated heterocycles. The fourth-order valence-electron chi connectivity index (χ4n) is 4.67. The van der Waals surface area contributed by atoms with Crippen molar-refractivity contribution >= 4 is 11.3 Å². The molecule has 4 N–H and O–H groups in total. The monoisotopic (exact) mass is 433 g/mol. The zero-order chi connectivity index (χ0) is 21.8. The Kier molecular flexibility index (Phi) is 7.45. The zero-order valence-corrected chi connectivity index (χ0v) is 18.9. The molecule has 3 atom stereocenters. The number of nitrogens with one attached hydrogen (secondary N) is 4. The van der Waals surface area contributed by atoms with Crippen LogP contribution in [0.4, 0.5) is 10.1 Å². The van der Waals surface area contributed by atoms with Gasteiger partial charge in [0.05, 0.1) is 30.6 Å². The standard InChI is InChI=1S/C23H36FN5O2/c1-15-13-19(25-8-12-30-3)28-23(26-15)27-18-14-17-7-11-31-22(17)20(21(18)24)16-5-4-9-29(2)10-6-16/h6,14-15,19,23,25-28H,4-5,7-13H2,1-3H3. The van der Waals surface area contributed by atoms with Crippen molar-refractivity contribution in [3.05, 3.63) is 29.1 Å². The number of likely N-dealkylation sites (N-methyl/N-ethyl adjacent to an activating group) is 1. The van der Waals surface area contributed by atoms with Crippen LogP contribution >= 0.6 is 0 Å². The predicted molar refractivity (Wildman–Crippen MR) is 122 cm³/mol. The predicted octanol–water partition coefficient (Wildman–Crippen LogP) is 2.10. The summed E-state index contributed by atoms with van der Waals surface area (Å²) < 4.78 is 26.9. The van der Waals surface area contributed by atoms with Crippen molar-refractivity contribution < 1.29 is 13.9 Å². The highest BCUT2D eigenvalue weighted by Crippen LogP contribution is 2.41. The van der Waals surface area contributed by atoms with Crippen LogP contribution in [0.25, 0.3) is 5.57 Å². The van der Waals surface area contributed by atoms with Crippen molar-refractivity contribution in [1.82, 2.24) is 20.9 Å². The van der Waals surface area contributed by atoms with E-state index in [1.54, 1.807) is 7.11 Å². The molecule has 1 aromatic rings. The molecule has 3 aliphatic heterocycles. The minimum Gasteiger partial charge on any atom is -0.492 e. The summed E-state index contributed by atoms with van der Waals surface area (Å²) >= 11 is 0. The number of hydrogen-bond donors (Lipinski definition) is 4. The number of halogens is 1. The van der Waals surface area contributed by atoms with E-state index in [0.717, 1.165) is 62.2 Å². The number of benzene rings is 1. The number of methoxy groups -OCH3 is 1. The first-order chi connectivity index (χ1) is 15.0. The second-order valence-corrected chi connectivity index (χ2v) is 8.84. The normalized spacial score (nSPS) is 26.7. The molecule has 0 amide bonds. The number of nitrogens with zero attached hydrogens (tertiary/aromatic N) is 1. The van der Waals surface area contributed by atoms with Crippen LogP contribution in [0.15, 0.2) is 12.1 Å². The van der Waals surface area contributed by atoms with E-state index in [1.165, 1.54) is 0 Å². The van der Waals surface area contributed by atoms with Gasteiger partial charge in [-0.3, -0.25) is 16.0 Å². The molecular formula is C23H36FN5O2. The van der Waals surface area contributed by atoms with Crippen molar-refractivity contribution in [2.24, 2.45) is 0 Å². The molecule has 1 fully saturated rings. The van der Waals surface area contributed by atoms with E-state index in [0.29, 0.717) is 30.5 Å². The number of hydrogen-bond acceptors (Lipinski definition) is 7. The highest BCUT2D eigenvalue weighted by molar-refractivity contribution is 5.77. The molecule has 8 heteroatoms. The summed E-state index contributed by atoms with van der Waals surface area (Å²) in [5.41, 5.74) is 3.30. The first-order valence-electron chi connectivity index (χ1n) is 11.4. The molecule has 3 aliphatic rings. The van der Waals surface area contributed by atoms with E-state index in [9.17, 15) is 0 Å². The van der Waals surface area contributed by atoms with Crippen LogP contribution in [0, 0.1) is 5.82 Å². The van der Waals surface area contributed by atoms with Gasteiger partial charge in [0.1, 0.15) is 12.0 Å². The van der Waals surface area contributed by atoms with Crippen LogP contribution in [0.3, 0.4) is 0 Å². The fraction of sp³-hybridized carbons (Fsp3) is 0.652. The average Bonchev–Trinajstić information content (AvgIpc) is 3.09. The molecule has 0 aliphatic carbocycles. The van der Waals surface area contributed by atoms with Crippen LogP contribution in [-0.2, 0) is 11.2 Å². The summed E-state index contributed by atoms with van der Waals surface area (Å²) in [4.78, 5) is 2.27. The van der Waals surface area contributed by atoms with E-state index >= 15 is 4.39 Å². The smallest absolute Gasteiger partial charge is 0.157 e. The van der Waals surface area contributed by atoms with Crippen molar-refractivity contribution in [3.63, 3.8) is 0 Å². The third-order valence-corrected chi connectivity index (χ3v) is 6.27. The summed E-state index contributed by atoms with van der Waals surface area (Å²) in [5.74, 6) is 0.512. The largest absolute Gasteiger partial charge is 0.492 e. The molecular weight excluding hydrogens is 397 g/mol. The van der Waals surface area contributed by atoms with Gasteiger partial charge < -0.3 is 19.7 Å².